The van der Waals surface area contributed by atoms with E-state index in [0.29, 0.717) is 44.8 Å². The van der Waals surface area contributed by atoms with Crippen LogP contribution in [-0.2, 0) is 13.0 Å². The van der Waals surface area contributed by atoms with Gasteiger partial charge in [0.05, 0.1) is 30.8 Å². The summed E-state index contributed by atoms with van der Waals surface area (Å²) in [5.74, 6) is 1.70. The Hall–Kier alpha value is -3.69. The highest BCUT2D eigenvalue weighted by Crippen LogP contribution is 2.36. The Bertz CT molecular complexity index is 1510. The number of rotatable bonds is 6. The Morgan fingerprint density at radius 3 is 2.79 bits per heavy atom. The molecule has 11 nitrogen and oxygen atoms in total. The summed E-state index contributed by atoms with van der Waals surface area (Å²) in [4.78, 5) is 34.7. The third kappa shape index (κ3) is 5.68. The number of carboxylic acid groups (broad SMARTS) is 1. The van der Waals surface area contributed by atoms with Crippen LogP contribution >= 0.6 is 15.9 Å². The molecule has 2 fully saturated rings. The zero-order valence-electron chi connectivity index (χ0n) is 23.7. The number of hydrogen-bond donors (Lipinski definition) is 1. The monoisotopic (exact) mass is 634 g/mol. The van der Waals surface area contributed by atoms with E-state index in [1.54, 1.807) is 0 Å². The number of hydrogen-bond acceptors (Lipinski definition) is 9. The lowest BCUT2D eigenvalue weighted by atomic mass is 10.1. The van der Waals surface area contributed by atoms with E-state index in [1.807, 2.05) is 24.4 Å². The molecule has 0 spiro atoms. The van der Waals surface area contributed by atoms with E-state index in [1.165, 1.54) is 4.90 Å². The molecule has 2 aromatic heterocycles. The minimum atomic E-state index is -0.995. The van der Waals surface area contributed by atoms with Gasteiger partial charge in [-0.15, -0.1) is 0 Å². The third-order valence-electron chi connectivity index (χ3n) is 8.70. The summed E-state index contributed by atoms with van der Waals surface area (Å²) in [6.07, 6.45) is 4.88. The molecule has 2 saturated heterocycles. The molecule has 3 aliphatic heterocycles. The molecule has 5 heterocycles. The van der Waals surface area contributed by atoms with Gasteiger partial charge in [-0.05, 0) is 56.8 Å². The highest BCUT2D eigenvalue weighted by Gasteiger charge is 2.34. The summed E-state index contributed by atoms with van der Waals surface area (Å²) in [6, 6.07) is 10.6. The Balaban J connectivity index is 1.37. The zero-order chi connectivity index (χ0) is 29.2. The fraction of sp³-hybridized carbons (Fsp3) is 0.500. The number of ether oxygens (including phenoxy) is 1. The van der Waals surface area contributed by atoms with Crippen LogP contribution in [0, 0.1) is 11.3 Å². The SMILES string of the molecule is CN1CCC[C@H]1COc1nc2c(c(N3CCN(C(=O)O)[C@@H](CC#N)C3)n1)CCCN(c1nccc3cccc(Br)c13)C2. The second kappa shape index (κ2) is 12.3. The van der Waals surface area contributed by atoms with E-state index in [-0.39, 0.29) is 6.42 Å². The molecule has 1 amide bonds. The predicted molar refractivity (Wildman–Crippen MR) is 163 cm³/mol. The van der Waals surface area contributed by atoms with Crippen molar-refractivity contribution in [2.75, 3.05) is 56.2 Å². The highest BCUT2D eigenvalue weighted by atomic mass is 79.9. The normalized spacial score (nSPS) is 21.2. The maximum absolute atomic E-state index is 11.9. The van der Waals surface area contributed by atoms with Crippen LogP contribution in [0.3, 0.4) is 0 Å². The van der Waals surface area contributed by atoms with E-state index >= 15 is 0 Å². The molecule has 3 aromatic rings. The van der Waals surface area contributed by atoms with Crippen LogP contribution < -0.4 is 14.5 Å². The van der Waals surface area contributed by atoms with Gasteiger partial charge in [-0.25, -0.2) is 9.78 Å². The standard InChI is InChI=1S/C30H35BrN8O3/c1-36-13-3-6-22(36)19-42-29-34-25-18-37(28-26-20(10-12-33-28)5-2-8-24(26)31)14-4-7-23(25)27(35-29)38-15-16-39(30(40)41)21(17-38)9-11-32/h2,5,8,10,12,21-22H,3-4,6-7,9,13-19H2,1H3,(H,40,41)/t21-,22-/m0/s1. The molecule has 2 atom stereocenters. The summed E-state index contributed by atoms with van der Waals surface area (Å²) in [7, 11) is 2.12. The number of nitriles is 1. The molecule has 1 N–H and O–H groups in total. The van der Waals surface area contributed by atoms with Gasteiger partial charge in [-0.2, -0.15) is 15.2 Å². The van der Waals surface area contributed by atoms with Crippen LogP contribution in [0.15, 0.2) is 34.9 Å². The molecule has 42 heavy (non-hydrogen) atoms. The van der Waals surface area contributed by atoms with Gasteiger partial charge in [-0.3, -0.25) is 0 Å². The van der Waals surface area contributed by atoms with Crippen molar-refractivity contribution < 1.29 is 14.6 Å². The average Bonchev–Trinajstić information content (AvgIpc) is 3.27. The number of aromatic nitrogens is 3. The highest BCUT2D eigenvalue weighted by molar-refractivity contribution is 9.10. The molecule has 0 saturated carbocycles. The first kappa shape index (κ1) is 28.4. The lowest BCUT2D eigenvalue weighted by Gasteiger charge is -2.40. The largest absolute Gasteiger partial charge is 0.465 e. The number of amides is 1. The van der Waals surface area contributed by atoms with Gasteiger partial charge in [0.1, 0.15) is 18.2 Å². The number of likely N-dealkylation sites (N-methyl/N-ethyl adjacent to an activating group) is 1. The maximum atomic E-state index is 11.9. The van der Waals surface area contributed by atoms with Crippen LogP contribution in [0.1, 0.15) is 36.9 Å². The molecular formula is C30H35BrN8O3. The van der Waals surface area contributed by atoms with Crippen molar-refractivity contribution in [1.82, 2.24) is 24.8 Å². The fourth-order valence-electron chi connectivity index (χ4n) is 6.44. The number of nitrogens with zero attached hydrogens (tertiary/aromatic N) is 8. The molecule has 0 radical (unpaired) electrons. The van der Waals surface area contributed by atoms with Crippen molar-refractivity contribution in [3.63, 3.8) is 0 Å². The summed E-state index contributed by atoms with van der Waals surface area (Å²) < 4.78 is 7.27. The molecule has 12 heteroatoms. The lowest BCUT2D eigenvalue weighted by Crippen LogP contribution is -2.55. The summed E-state index contributed by atoms with van der Waals surface area (Å²) in [6.45, 7) is 4.12. The van der Waals surface area contributed by atoms with Crippen molar-refractivity contribution in [1.29, 1.82) is 5.26 Å². The van der Waals surface area contributed by atoms with Gasteiger partial charge in [0.25, 0.3) is 0 Å². The van der Waals surface area contributed by atoms with Crippen LogP contribution in [0.2, 0.25) is 0 Å². The van der Waals surface area contributed by atoms with E-state index < -0.39 is 12.1 Å². The topological polar surface area (TPSA) is 122 Å². The van der Waals surface area contributed by atoms with Crippen molar-refractivity contribution in [2.45, 2.75) is 50.7 Å². The van der Waals surface area contributed by atoms with Crippen LogP contribution in [0.25, 0.3) is 10.8 Å². The minimum Gasteiger partial charge on any atom is -0.465 e. The molecule has 220 valence electrons. The molecular weight excluding hydrogens is 600 g/mol. The second-order valence-corrected chi connectivity index (χ2v) is 12.1. The first-order valence-corrected chi connectivity index (χ1v) is 15.3. The van der Waals surface area contributed by atoms with Crippen molar-refractivity contribution in [2.24, 2.45) is 0 Å². The number of likely N-dealkylation sites (tertiary alicyclic amines) is 1. The fourth-order valence-corrected chi connectivity index (χ4v) is 7.00. The van der Waals surface area contributed by atoms with Gasteiger partial charge in [0.2, 0.25) is 0 Å². The number of anilines is 2. The number of piperazine rings is 1. The van der Waals surface area contributed by atoms with Gasteiger partial charge in [-0.1, -0.05) is 28.1 Å². The van der Waals surface area contributed by atoms with Gasteiger partial charge < -0.3 is 29.4 Å². The molecule has 0 bridgehead atoms. The van der Waals surface area contributed by atoms with E-state index in [2.05, 4.69) is 49.8 Å². The Morgan fingerprint density at radius 1 is 1.12 bits per heavy atom. The predicted octanol–water partition coefficient (Wildman–Crippen LogP) is 4.30. The van der Waals surface area contributed by atoms with E-state index in [9.17, 15) is 15.2 Å². The smallest absolute Gasteiger partial charge is 0.407 e. The van der Waals surface area contributed by atoms with Crippen molar-refractivity contribution in [3.05, 3.63) is 46.2 Å². The van der Waals surface area contributed by atoms with Crippen molar-refractivity contribution >= 4 is 44.4 Å². The Labute approximate surface area is 253 Å². The first-order valence-electron chi connectivity index (χ1n) is 14.6. The molecule has 0 unspecified atom stereocenters. The third-order valence-corrected chi connectivity index (χ3v) is 9.36. The van der Waals surface area contributed by atoms with E-state index in [0.717, 1.165) is 76.9 Å². The van der Waals surface area contributed by atoms with Crippen molar-refractivity contribution in [3.8, 4) is 12.1 Å². The number of carbonyl (C=O) groups is 1. The summed E-state index contributed by atoms with van der Waals surface area (Å²) in [5, 5.41) is 21.3. The van der Waals surface area contributed by atoms with Gasteiger partial charge in [0, 0.05) is 53.8 Å². The average molecular weight is 636 g/mol. The van der Waals surface area contributed by atoms with Crippen LogP contribution in [0.4, 0.5) is 16.4 Å². The lowest BCUT2D eigenvalue weighted by molar-refractivity contribution is 0.119. The maximum Gasteiger partial charge on any atom is 0.407 e. The van der Waals surface area contributed by atoms with E-state index in [4.69, 9.17) is 19.7 Å². The Kier molecular flexibility index (Phi) is 8.31. The zero-order valence-corrected chi connectivity index (χ0v) is 25.3. The summed E-state index contributed by atoms with van der Waals surface area (Å²) >= 11 is 3.74. The first-order chi connectivity index (χ1) is 20.4. The van der Waals surface area contributed by atoms with Gasteiger partial charge in [0.15, 0.2) is 0 Å². The number of benzene rings is 1. The van der Waals surface area contributed by atoms with Crippen LogP contribution in [-0.4, -0.2) is 94.4 Å². The number of halogens is 1. The van der Waals surface area contributed by atoms with Crippen LogP contribution in [0.5, 0.6) is 6.01 Å². The summed E-state index contributed by atoms with van der Waals surface area (Å²) in [5.41, 5.74) is 1.96. The minimum absolute atomic E-state index is 0.128. The van der Waals surface area contributed by atoms with Gasteiger partial charge >= 0.3 is 12.1 Å². The molecule has 3 aliphatic rings. The quantitative estimate of drug-likeness (QED) is 0.420. The molecule has 6 rings (SSSR count). The molecule has 0 aliphatic carbocycles. The second-order valence-electron chi connectivity index (χ2n) is 11.3. The number of fused-ring (bicyclic) bond motifs is 2. The Morgan fingerprint density at radius 2 is 2.00 bits per heavy atom. The number of pyridine rings is 1. The molecule has 1 aromatic carbocycles.